The zero-order valence-corrected chi connectivity index (χ0v) is 36.0. The number of rotatable bonds is 16. The number of halogens is 2. The van der Waals surface area contributed by atoms with Crippen molar-refractivity contribution in [3.05, 3.63) is 135 Å². The molecule has 312 valence electrons. The summed E-state index contributed by atoms with van der Waals surface area (Å²) < 4.78 is 91.8. The van der Waals surface area contributed by atoms with Gasteiger partial charge in [-0.15, -0.1) is 0 Å². The first-order valence-corrected chi connectivity index (χ1v) is 22.3. The number of nitrogens with one attached hydrogen (secondary N) is 2. The molecule has 0 amide bonds. The second-order valence-electron chi connectivity index (χ2n) is 12.6. The van der Waals surface area contributed by atoms with E-state index in [0.29, 0.717) is 34.9 Å². The average Bonchev–Trinajstić information content (AvgIpc) is 3.21. The molecule has 0 radical (unpaired) electrons. The second-order valence-corrected chi connectivity index (χ2v) is 18.3. The van der Waals surface area contributed by atoms with Gasteiger partial charge >= 0.3 is 0 Å². The number of benzene rings is 4. The van der Waals surface area contributed by atoms with Crippen molar-refractivity contribution in [1.29, 1.82) is 0 Å². The Kier molecular flexibility index (Phi) is 13.6. The lowest BCUT2D eigenvalue weighted by molar-refractivity contribution is 0.396. The van der Waals surface area contributed by atoms with Gasteiger partial charge in [0.15, 0.2) is 0 Å². The van der Waals surface area contributed by atoms with E-state index in [-0.39, 0.29) is 60.4 Å². The molecule has 0 spiro atoms. The van der Waals surface area contributed by atoms with Crippen LogP contribution in [0.3, 0.4) is 0 Å². The predicted molar refractivity (Wildman–Crippen MR) is 224 cm³/mol. The van der Waals surface area contributed by atoms with E-state index in [1.807, 2.05) is 30.3 Å². The first-order chi connectivity index (χ1) is 28.5. The van der Waals surface area contributed by atoms with Gasteiger partial charge in [-0.3, -0.25) is 12.5 Å². The average molecular weight is 914 g/mol. The van der Waals surface area contributed by atoms with Crippen LogP contribution in [0.5, 0.6) is 0 Å². The van der Waals surface area contributed by atoms with Crippen molar-refractivity contribution in [3.8, 4) is 0 Å². The molecule has 0 aliphatic rings. The number of nitrogens with zero attached hydrogens (tertiary/aromatic N) is 6. The molecule has 22 heteroatoms. The summed E-state index contributed by atoms with van der Waals surface area (Å²) >= 11 is 12.4. The molecule has 0 saturated heterocycles. The van der Waals surface area contributed by atoms with Crippen molar-refractivity contribution in [1.82, 2.24) is 29.9 Å². The maximum Gasteiger partial charge on any atom is 0.297 e. The smallest absolute Gasteiger partial charge is 0.297 e. The lowest BCUT2D eigenvalue weighted by atomic mass is 10.1. The lowest BCUT2D eigenvalue weighted by Gasteiger charge is -2.12. The van der Waals surface area contributed by atoms with Crippen LogP contribution in [0.25, 0.3) is 12.2 Å². The fourth-order valence-electron chi connectivity index (χ4n) is 5.68. The minimum absolute atomic E-state index is 0.00603. The molecule has 0 bridgehead atoms. The van der Waals surface area contributed by atoms with E-state index >= 15 is 0 Å². The molecule has 4 aromatic carbocycles. The molecule has 60 heavy (non-hydrogen) atoms. The molecule has 0 aliphatic carbocycles. The minimum atomic E-state index is -4.35. The van der Waals surface area contributed by atoms with Gasteiger partial charge in [-0.2, -0.15) is 40.2 Å². The molecule has 0 unspecified atom stereocenters. The summed E-state index contributed by atoms with van der Waals surface area (Å²) in [6.07, 6.45) is 3.35. The van der Waals surface area contributed by atoms with Crippen molar-refractivity contribution in [2.24, 2.45) is 0 Å². The van der Waals surface area contributed by atoms with Crippen LogP contribution in [0, 0.1) is 6.92 Å². The molecule has 0 fully saturated rings. The van der Waals surface area contributed by atoms with E-state index in [1.165, 1.54) is 48.6 Å². The van der Waals surface area contributed by atoms with E-state index in [1.54, 1.807) is 25.1 Å². The van der Waals surface area contributed by atoms with Crippen LogP contribution in [0.2, 0.25) is 10.6 Å². The summed E-state index contributed by atoms with van der Waals surface area (Å²) in [5.74, 6) is 0.600. The summed E-state index contributed by atoms with van der Waals surface area (Å²) in [4.78, 5) is 24.8. The van der Waals surface area contributed by atoms with Crippen molar-refractivity contribution >= 4 is 89.0 Å². The molecular weight excluding hydrogens is 880 g/mol. The number of hydrogen-bond donors (Lipinski definition) is 2. The quantitative estimate of drug-likeness (QED) is 0.0778. The Balaban J connectivity index is 1.28. The Morgan fingerprint density at radius 3 is 1.57 bits per heavy atom. The van der Waals surface area contributed by atoms with Crippen LogP contribution in [0.15, 0.2) is 99.6 Å². The van der Waals surface area contributed by atoms with Crippen LogP contribution in [0.4, 0.5) is 23.3 Å². The highest BCUT2D eigenvalue weighted by atomic mass is 35.5. The highest BCUT2D eigenvalue weighted by Crippen LogP contribution is 2.29. The van der Waals surface area contributed by atoms with Gasteiger partial charge in [0.05, 0.1) is 26.2 Å². The topological polar surface area (TPSA) is 232 Å². The number of aryl methyl sites for hydroxylation is 1. The van der Waals surface area contributed by atoms with Crippen molar-refractivity contribution in [2.75, 3.05) is 32.0 Å². The van der Waals surface area contributed by atoms with Crippen LogP contribution < -0.4 is 10.6 Å². The molecular formula is C38H34Cl2N8O9S3. The van der Waals surface area contributed by atoms with Crippen LogP contribution in [0.1, 0.15) is 39.5 Å². The third kappa shape index (κ3) is 10.8. The maximum atomic E-state index is 13.2. The van der Waals surface area contributed by atoms with Gasteiger partial charge in [-0.25, -0.2) is 15.0 Å². The summed E-state index contributed by atoms with van der Waals surface area (Å²) in [6, 6.07) is 22.9. The first kappa shape index (κ1) is 44.1. The van der Waals surface area contributed by atoms with Gasteiger partial charge in [0.2, 0.25) is 22.5 Å². The van der Waals surface area contributed by atoms with Crippen LogP contribution in [-0.2, 0) is 55.7 Å². The SMILES string of the molecule is COS(=O)(=O)c1cc(Nc2nc(Cl)nc(Nc3ccc(/C=C/c4ccc(Cc5nc(Cl)nc(Cc6ccccc6)n5)cc4S(=O)(=O)OC)c(S(=O)(=O)OC)c3)n2)ccc1C. The van der Waals surface area contributed by atoms with E-state index in [2.05, 4.69) is 44.7 Å². The zero-order chi connectivity index (χ0) is 43.2. The van der Waals surface area contributed by atoms with Crippen LogP contribution >= 0.6 is 23.2 Å². The van der Waals surface area contributed by atoms with Gasteiger partial charge in [0, 0.05) is 24.2 Å². The lowest BCUT2D eigenvalue weighted by Crippen LogP contribution is -2.08. The van der Waals surface area contributed by atoms with Crippen molar-refractivity contribution in [2.45, 2.75) is 34.5 Å². The molecule has 0 saturated carbocycles. The second kappa shape index (κ2) is 18.4. The summed E-state index contributed by atoms with van der Waals surface area (Å²) in [6.45, 7) is 1.61. The Bertz CT molecular complexity index is 2940. The van der Waals surface area contributed by atoms with E-state index in [9.17, 15) is 25.3 Å². The highest BCUT2D eigenvalue weighted by molar-refractivity contribution is 7.87. The standard InChI is InChI=1S/C38H34Cl2N8O9S3/c1-23-10-16-28(21-30(23)58(49,50)55-2)41-37-46-36(40)47-38(48-37)42-29-17-15-27(32(22-29)60(53,54)57-4)14-13-26-12-11-25(18-31(26)59(51,52)56-3)20-34-43-33(44-35(39)45-34)19-24-8-6-5-7-9-24/h5-18,21-22H,19-20H2,1-4H3,(H2,41,42,46,47,48)/b14-13+. The normalized spacial score (nSPS) is 12.2. The molecule has 0 atom stereocenters. The van der Waals surface area contributed by atoms with E-state index in [0.717, 1.165) is 26.9 Å². The monoisotopic (exact) mass is 912 g/mol. The third-order valence-electron chi connectivity index (χ3n) is 8.58. The summed E-state index contributed by atoms with van der Waals surface area (Å²) in [5, 5.41) is 5.50. The Morgan fingerprint density at radius 1 is 0.533 bits per heavy atom. The predicted octanol–water partition coefficient (Wildman–Crippen LogP) is 6.52. The van der Waals surface area contributed by atoms with Crippen molar-refractivity contribution < 1.29 is 37.8 Å². The maximum absolute atomic E-state index is 13.2. The molecule has 2 heterocycles. The van der Waals surface area contributed by atoms with Gasteiger partial charge in [0.25, 0.3) is 30.4 Å². The van der Waals surface area contributed by atoms with Gasteiger partial charge in [-0.05, 0) is 88.3 Å². The van der Waals surface area contributed by atoms with Gasteiger partial charge in [0.1, 0.15) is 21.4 Å². The van der Waals surface area contributed by atoms with Crippen molar-refractivity contribution in [3.63, 3.8) is 0 Å². The molecule has 2 N–H and O–H groups in total. The first-order valence-electron chi connectivity index (χ1n) is 17.3. The fraction of sp³-hybridized carbons (Fsp3) is 0.158. The number of hydrogen-bond acceptors (Lipinski definition) is 17. The Hall–Kier alpha value is -5.45. The van der Waals surface area contributed by atoms with Gasteiger partial charge in [-0.1, -0.05) is 66.7 Å². The largest absolute Gasteiger partial charge is 0.324 e. The van der Waals surface area contributed by atoms with Crippen LogP contribution in [-0.4, -0.2) is 76.5 Å². The molecule has 17 nitrogen and oxygen atoms in total. The van der Waals surface area contributed by atoms with E-state index < -0.39 is 30.4 Å². The summed E-state index contributed by atoms with van der Waals surface area (Å²) in [7, 11) is -9.58. The summed E-state index contributed by atoms with van der Waals surface area (Å²) in [5.41, 5.74) is 2.75. The van der Waals surface area contributed by atoms with E-state index in [4.69, 9.17) is 31.6 Å². The highest BCUT2D eigenvalue weighted by Gasteiger charge is 2.22. The fourth-order valence-corrected chi connectivity index (χ4v) is 8.73. The third-order valence-corrected chi connectivity index (χ3v) is 13.0. The number of anilines is 4. The molecule has 6 aromatic rings. The zero-order valence-electron chi connectivity index (χ0n) is 32.0. The van der Waals surface area contributed by atoms with Gasteiger partial charge < -0.3 is 10.6 Å². The molecule has 0 aliphatic heterocycles. The number of aromatic nitrogens is 6. The Labute approximate surface area is 356 Å². The molecule has 6 rings (SSSR count). The Morgan fingerprint density at radius 2 is 1.00 bits per heavy atom. The minimum Gasteiger partial charge on any atom is -0.324 e. The molecule has 2 aromatic heterocycles.